The Labute approximate surface area is 191 Å². The topological polar surface area (TPSA) is 60.4 Å². The second kappa shape index (κ2) is 9.95. The molecule has 0 spiro atoms. The van der Waals surface area contributed by atoms with Crippen molar-refractivity contribution in [1.29, 1.82) is 0 Å². The molecule has 1 unspecified atom stereocenters. The van der Waals surface area contributed by atoms with E-state index in [-0.39, 0.29) is 17.2 Å². The third-order valence-electron chi connectivity index (χ3n) is 4.95. The zero-order chi connectivity index (χ0) is 23.4. The van der Waals surface area contributed by atoms with Crippen LogP contribution in [0.3, 0.4) is 0 Å². The van der Waals surface area contributed by atoms with Crippen molar-refractivity contribution >= 4 is 23.0 Å². The second-order valence-electron chi connectivity index (χ2n) is 6.99. The number of hydrogen-bond acceptors (Lipinski definition) is 6. The number of carbonyl (C=O) groups excluding carboxylic acids is 1. The van der Waals surface area contributed by atoms with Crippen LogP contribution >= 0.6 is 11.3 Å². The van der Waals surface area contributed by atoms with Crippen molar-refractivity contribution in [1.82, 2.24) is 5.01 Å². The summed E-state index contributed by atoms with van der Waals surface area (Å²) in [7, 11) is 1.34. The Bertz CT molecular complexity index is 1150. The van der Waals surface area contributed by atoms with Gasteiger partial charge in [-0.25, -0.2) is 9.40 Å². The van der Waals surface area contributed by atoms with E-state index >= 15 is 0 Å². The number of hydrogen-bond donors (Lipinski definition) is 0. The number of hydrazone groups is 1. The van der Waals surface area contributed by atoms with Crippen LogP contribution in [0.2, 0.25) is 0 Å². The molecule has 0 saturated carbocycles. The van der Waals surface area contributed by atoms with E-state index in [4.69, 9.17) is 9.47 Å². The van der Waals surface area contributed by atoms with E-state index in [1.807, 2.05) is 17.5 Å². The Morgan fingerprint density at radius 1 is 1.15 bits per heavy atom. The van der Waals surface area contributed by atoms with Gasteiger partial charge in [0.2, 0.25) is 0 Å². The molecule has 0 fully saturated rings. The van der Waals surface area contributed by atoms with E-state index in [1.54, 1.807) is 12.1 Å². The molecule has 1 aromatic heterocycles. The van der Waals surface area contributed by atoms with Crippen molar-refractivity contribution in [2.24, 2.45) is 5.10 Å². The predicted octanol–water partition coefficient (Wildman–Crippen LogP) is 5.25. The maximum Gasteiger partial charge on any atom is 0.387 e. The molecule has 0 N–H and O–H groups in total. The van der Waals surface area contributed by atoms with E-state index in [0.717, 1.165) is 4.88 Å². The standard InChI is InChI=1S/C23H19F3N2O4S/c1-30-20-11-14(8-9-19(20)32-23(25)26)17-12-16(21-7-4-10-33-21)27-28(17)22(29)13-31-18-6-3-2-5-15(18)24/h2-11,17,23H,12-13H2,1H3. The minimum Gasteiger partial charge on any atom is -0.493 e. The largest absolute Gasteiger partial charge is 0.493 e. The van der Waals surface area contributed by atoms with Gasteiger partial charge in [0.25, 0.3) is 5.91 Å². The average Bonchev–Trinajstić information content (AvgIpc) is 3.48. The van der Waals surface area contributed by atoms with Crippen LogP contribution in [0.1, 0.15) is 22.9 Å². The predicted molar refractivity (Wildman–Crippen MR) is 117 cm³/mol. The van der Waals surface area contributed by atoms with Gasteiger partial charge in [-0.2, -0.15) is 13.9 Å². The first kappa shape index (κ1) is 22.7. The third kappa shape index (κ3) is 5.11. The molecular formula is C23H19F3N2O4S. The Morgan fingerprint density at radius 2 is 1.97 bits per heavy atom. The molecule has 0 saturated heterocycles. The maximum absolute atomic E-state index is 13.9. The van der Waals surface area contributed by atoms with Crippen LogP contribution in [0.25, 0.3) is 0 Å². The van der Waals surface area contributed by atoms with E-state index in [9.17, 15) is 18.0 Å². The number of benzene rings is 2. The van der Waals surface area contributed by atoms with E-state index in [2.05, 4.69) is 9.84 Å². The zero-order valence-electron chi connectivity index (χ0n) is 17.4. The number of rotatable bonds is 8. The number of halogens is 3. The molecular weight excluding hydrogens is 457 g/mol. The number of amides is 1. The summed E-state index contributed by atoms with van der Waals surface area (Å²) >= 11 is 1.48. The van der Waals surface area contributed by atoms with Gasteiger partial charge in [0.1, 0.15) is 0 Å². The Hall–Kier alpha value is -3.53. The summed E-state index contributed by atoms with van der Waals surface area (Å²) in [6, 6.07) is 13.5. The van der Waals surface area contributed by atoms with E-state index < -0.39 is 31.0 Å². The molecule has 1 amide bonds. The first-order chi connectivity index (χ1) is 16.0. The first-order valence-electron chi connectivity index (χ1n) is 9.89. The van der Waals surface area contributed by atoms with Gasteiger partial charge in [0.15, 0.2) is 29.7 Å². The number of para-hydroxylation sites is 1. The van der Waals surface area contributed by atoms with Crippen LogP contribution in [0.15, 0.2) is 65.1 Å². The Balaban J connectivity index is 1.60. The van der Waals surface area contributed by atoms with Gasteiger partial charge < -0.3 is 14.2 Å². The summed E-state index contributed by atoms with van der Waals surface area (Å²) in [5, 5.41) is 7.67. The van der Waals surface area contributed by atoms with Crippen molar-refractivity contribution < 1.29 is 32.2 Å². The lowest BCUT2D eigenvalue weighted by Crippen LogP contribution is -2.31. The van der Waals surface area contributed by atoms with Crippen molar-refractivity contribution in [3.63, 3.8) is 0 Å². The van der Waals surface area contributed by atoms with Gasteiger partial charge in [-0.1, -0.05) is 24.3 Å². The van der Waals surface area contributed by atoms with Crippen LogP contribution in [-0.2, 0) is 4.79 Å². The second-order valence-corrected chi connectivity index (χ2v) is 7.94. The van der Waals surface area contributed by atoms with Crippen LogP contribution in [0, 0.1) is 5.82 Å². The van der Waals surface area contributed by atoms with Gasteiger partial charge >= 0.3 is 6.61 Å². The minimum atomic E-state index is -3.00. The molecule has 10 heteroatoms. The first-order valence-corrected chi connectivity index (χ1v) is 10.8. The molecule has 2 heterocycles. The molecule has 0 aliphatic carbocycles. The number of ether oxygens (including phenoxy) is 3. The van der Waals surface area contributed by atoms with Crippen molar-refractivity contribution in [3.05, 3.63) is 76.2 Å². The highest BCUT2D eigenvalue weighted by atomic mass is 32.1. The van der Waals surface area contributed by atoms with Crippen LogP contribution < -0.4 is 14.2 Å². The molecule has 172 valence electrons. The van der Waals surface area contributed by atoms with Gasteiger partial charge in [0.05, 0.1) is 23.7 Å². The Kier molecular flexibility index (Phi) is 6.83. The summed E-state index contributed by atoms with van der Waals surface area (Å²) < 4.78 is 54.3. The number of nitrogens with zero attached hydrogens (tertiary/aromatic N) is 2. The minimum absolute atomic E-state index is 0.0424. The van der Waals surface area contributed by atoms with Gasteiger partial charge in [-0.3, -0.25) is 4.79 Å². The molecule has 0 radical (unpaired) electrons. The van der Waals surface area contributed by atoms with Gasteiger partial charge in [0, 0.05) is 6.42 Å². The van der Waals surface area contributed by atoms with E-state index in [0.29, 0.717) is 17.7 Å². The Morgan fingerprint density at radius 3 is 2.67 bits per heavy atom. The fraction of sp³-hybridized carbons (Fsp3) is 0.217. The summed E-state index contributed by atoms with van der Waals surface area (Å²) in [6.07, 6.45) is 0.393. The molecule has 1 aliphatic heterocycles. The highest BCUT2D eigenvalue weighted by Gasteiger charge is 2.34. The summed E-state index contributed by atoms with van der Waals surface area (Å²) in [5.41, 5.74) is 1.31. The highest BCUT2D eigenvalue weighted by molar-refractivity contribution is 7.12. The normalized spacial score (nSPS) is 15.5. The summed E-state index contributed by atoms with van der Waals surface area (Å²) in [4.78, 5) is 13.9. The molecule has 4 rings (SSSR count). The van der Waals surface area contributed by atoms with Crippen LogP contribution in [-0.4, -0.2) is 37.0 Å². The lowest BCUT2D eigenvalue weighted by molar-refractivity contribution is -0.135. The number of thiophene rings is 1. The molecule has 6 nitrogen and oxygen atoms in total. The monoisotopic (exact) mass is 476 g/mol. The zero-order valence-corrected chi connectivity index (χ0v) is 18.2. The van der Waals surface area contributed by atoms with Crippen molar-refractivity contribution in [2.75, 3.05) is 13.7 Å². The highest BCUT2D eigenvalue weighted by Crippen LogP contribution is 2.38. The fourth-order valence-electron chi connectivity index (χ4n) is 3.44. The number of alkyl halides is 2. The molecule has 2 aromatic carbocycles. The molecule has 3 aromatic rings. The quantitative estimate of drug-likeness (QED) is 0.445. The maximum atomic E-state index is 13.9. The SMILES string of the molecule is COc1cc(C2CC(c3cccs3)=NN2C(=O)COc2ccccc2F)ccc1OC(F)F. The summed E-state index contributed by atoms with van der Waals surface area (Å²) in [5.74, 6) is -1.12. The number of methoxy groups -OCH3 is 1. The molecule has 33 heavy (non-hydrogen) atoms. The van der Waals surface area contributed by atoms with Crippen LogP contribution in [0.4, 0.5) is 13.2 Å². The fourth-order valence-corrected chi connectivity index (χ4v) is 4.16. The van der Waals surface area contributed by atoms with Gasteiger partial charge in [-0.15, -0.1) is 11.3 Å². The van der Waals surface area contributed by atoms with E-state index in [1.165, 1.54) is 53.8 Å². The van der Waals surface area contributed by atoms with Crippen molar-refractivity contribution in [2.45, 2.75) is 19.1 Å². The number of carbonyl (C=O) groups is 1. The summed E-state index contributed by atoms with van der Waals surface area (Å²) in [6.45, 7) is -3.43. The smallest absolute Gasteiger partial charge is 0.387 e. The third-order valence-corrected chi connectivity index (χ3v) is 5.87. The molecule has 1 aliphatic rings. The molecule has 0 bridgehead atoms. The lowest BCUT2D eigenvalue weighted by atomic mass is 10.0. The van der Waals surface area contributed by atoms with Crippen molar-refractivity contribution in [3.8, 4) is 17.2 Å². The lowest BCUT2D eigenvalue weighted by Gasteiger charge is -2.23. The van der Waals surface area contributed by atoms with Crippen LogP contribution in [0.5, 0.6) is 17.2 Å². The van der Waals surface area contributed by atoms with Gasteiger partial charge in [-0.05, 0) is 41.3 Å². The molecule has 1 atom stereocenters. The average molecular weight is 476 g/mol.